The Labute approximate surface area is 190 Å². The summed E-state index contributed by atoms with van der Waals surface area (Å²) < 4.78 is 1.13. The molecule has 8 nitrogen and oxygen atoms in total. The number of carbonyl (C=O) groups is 1. The van der Waals surface area contributed by atoms with Gasteiger partial charge < -0.3 is 20.1 Å². The van der Waals surface area contributed by atoms with E-state index in [0.29, 0.717) is 13.1 Å². The number of amides is 2. The zero-order valence-corrected chi connectivity index (χ0v) is 18.9. The van der Waals surface area contributed by atoms with Crippen molar-refractivity contribution in [2.45, 2.75) is 20.3 Å². The van der Waals surface area contributed by atoms with Gasteiger partial charge in [-0.15, -0.1) is 11.3 Å². The highest BCUT2D eigenvalue weighted by Gasteiger charge is 2.22. The first kappa shape index (κ1) is 20.4. The number of aromatic nitrogens is 4. The number of benzene rings is 1. The maximum absolute atomic E-state index is 12.6. The molecule has 0 atom stereocenters. The molecule has 0 saturated heterocycles. The molecule has 0 saturated carbocycles. The average molecular weight is 448 g/mol. The minimum absolute atomic E-state index is 0.109. The quantitative estimate of drug-likeness (QED) is 0.456. The number of urea groups is 1. The van der Waals surface area contributed by atoms with Crippen LogP contribution in [0.15, 0.2) is 42.2 Å². The molecule has 32 heavy (non-hydrogen) atoms. The number of thiazole rings is 1. The van der Waals surface area contributed by atoms with Crippen LogP contribution in [0.1, 0.15) is 26.0 Å². The number of nitrogens with zero attached hydrogens (tertiary/aromatic N) is 5. The Bertz CT molecular complexity index is 1300. The lowest BCUT2D eigenvalue weighted by molar-refractivity contribution is 0.162. The van der Waals surface area contributed by atoms with E-state index in [2.05, 4.69) is 43.5 Å². The molecule has 0 bridgehead atoms. The van der Waals surface area contributed by atoms with Gasteiger partial charge in [0.1, 0.15) is 17.8 Å². The van der Waals surface area contributed by atoms with Crippen molar-refractivity contribution in [2.24, 2.45) is 0 Å². The van der Waals surface area contributed by atoms with Crippen molar-refractivity contribution in [2.75, 3.05) is 31.5 Å². The molecule has 0 radical (unpaired) electrons. The Hall–Kier alpha value is -3.46. The van der Waals surface area contributed by atoms with Crippen molar-refractivity contribution in [3.63, 3.8) is 0 Å². The maximum Gasteiger partial charge on any atom is 0.320 e. The molecule has 4 aromatic rings. The second-order valence-corrected chi connectivity index (χ2v) is 8.59. The van der Waals surface area contributed by atoms with Crippen LogP contribution in [0.3, 0.4) is 0 Å². The normalized spacial score (nSPS) is 14.1. The molecule has 1 aromatic carbocycles. The van der Waals surface area contributed by atoms with E-state index < -0.39 is 0 Å². The van der Waals surface area contributed by atoms with Gasteiger partial charge in [0.25, 0.3) is 0 Å². The molecule has 3 aromatic heterocycles. The number of hydrogen-bond donors (Lipinski definition) is 2. The van der Waals surface area contributed by atoms with Crippen LogP contribution in [-0.2, 0) is 0 Å². The molecular weight excluding hydrogens is 422 g/mol. The van der Waals surface area contributed by atoms with Crippen LogP contribution < -0.4 is 5.32 Å². The van der Waals surface area contributed by atoms with E-state index in [1.807, 2.05) is 41.3 Å². The Morgan fingerprint density at radius 1 is 1.22 bits per heavy atom. The number of rotatable bonds is 5. The number of aromatic amines is 1. The van der Waals surface area contributed by atoms with Crippen LogP contribution in [0.2, 0.25) is 0 Å². The third-order valence-corrected chi connectivity index (χ3v) is 6.67. The molecule has 164 valence electrons. The van der Waals surface area contributed by atoms with E-state index in [1.165, 1.54) is 5.57 Å². The zero-order valence-electron chi connectivity index (χ0n) is 18.1. The lowest BCUT2D eigenvalue weighted by atomic mass is 10.1. The summed E-state index contributed by atoms with van der Waals surface area (Å²) in [6.07, 6.45) is 4.50. The largest absolute Gasteiger partial charge is 0.340 e. The minimum Gasteiger partial charge on any atom is -0.340 e. The third-order valence-electron chi connectivity index (χ3n) is 5.88. The molecule has 0 unspecified atom stereocenters. The predicted molar refractivity (Wildman–Crippen MR) is 129 cm³/mol. The molecule has 0 aliphatic carbocycles. The van der Waals surface area contributed by atoms with Crippen molar-refractivity contribution in [3.8, 4) is 0 Å². The fraction of sp³-hybridized carbons (Fsp3) is 0.304. The zero-order chi connectivity index (χ0) is 22.1. The Morgan fingerprint density at radius 2 is 2.09 bits per heavy atom. The van der Waals surface area contributed by atoms with Gasteiger partial charge in [0.05, 0.1) is 21.1 Å². The smallest absolute Gasteiger partial charge is 0.320 e. The fourth-order valence-electron chi connectivity index (χ4n) is 4.06. The SMILES string of the molecule is CCN(CC)C(=O)N1CC=C(c2cc3c(Nc4ccc5ncsc5c4)ncnc3[nH]2)CC1. The second-order valence-electron chi connectivity index (χ2n) is 7.71. The standard InChI is InChI=1S/C23H25N7OS/c1-3-29(4-2)23(31)30-9-7-15(8-10-30)19-12-17-21(24-13-25-22(17)28-19)27-16-5-6-18-20(11-16)32-14-26-18/h5-7,11-14H,3-4,8-10H2,1-2H3,(H2,24,25,27,28). The van der Waals surface area contributed by atoms with Crippen LogP contribution >= 0.6 is 11.3 Å². The highest BCUT2D eigenvalue weighted by Crippen LogP contribution is 2.30. The molecule has 0 fully saturated rings. The van der Waals surface area contributed by atoms with E-state index in [1.54, 1.807) is 17.7 Å². The summed E-state index contributed by atoms with van der Waals surface area (Å²) in [6.45, 7) is 6.82. The molecule has 2 N–H and O–H groups in total. The van der Waals surface area contributed by atoms with Crippen LogP contribution in [0, 0.1) is 0 Å². The molecule has 1 aliphatic heterocycles. The third kappa shape index (κ3) is 3.80. The summed E-state index contributed by atoms with van der Waals surface area (Å²) in [5.74, 6) is 0.760. The van der Waals surface area contributed by atoms with Gasteiger partial charge in [-0.25, -0.2) is 19.7 Å². The first-order valence-electron chi connectivity index (χ1n) is 10.8. The van der Waals surface area contributed by atoms with Crippen molar-refractivity contribution in [1.82, 2.24) is 29.7 Å². The van der Waals surface area contributed by atoms with Gasteiger partial charge >= 0.3 is 6.03 Å². The van der Waals surface area contributed by atoms with Gasteiger partial charge in [-0.1, -0.05) is 6.08 Å². The molecule has 5 rings (SSSR count). The molecular formula is C23H25N7OS. The summed E-state index contributed by atoms with van der Waals surface area (Å²) in [6, 6.07) is 8.30. The average Bonchev–Trinajstić information content (AvgIpc) is 3.47. The van der Waals surface area contributed by atoms with Crippen molar-refractivity contribution >= 4 is 55.7 Å². The maximum atomic E-state index is 12.6. The number of nitrogens with one attached hydrogen (secondary N) is 2. The fourth-order valence-corrected chi connectivity index (χ4v) is 4.78. The van der Waals surface area contributed by atoms with Gasteiger partial charge in [0.2, 0.25) is 0 Å². The van der Waals surface area contributed by atoms with Gasteiger partial charge in [0, 0.05) is 37.6 Å². The summed E-state index contributed by atoms with van der Waals surface area (Å²) >= 11 is 1.62. The summed E-state index contributed by atoms with van der Waals surface area (Å²) in [4.78, 5) is 33.0. The monoisotopic (exact) mass is 447 g/mol. The van der Waals surface area contributed by atoms with Crippen LogP contribution in [0.5, 0.6) is 0 Å². The molecule has 2 amide bonds. The number of anilines is 2. The Balaban J connectivity index is 1.38. The number of fused-ring (bicyclic) bond motifs is 2. The Morgan fingerprint density at radius 3 is 2.88 bits per heavy atom. The van der Waals surface area contributed by atoms with Crippen molar-refractivity contribution in [1.29, 1.82) is 0 Å². The summed E-state index contributed by atoms with van der Waals surface area (Å²) in [5.41, 5.74) is 6.82. The van der Waals surface area contributed by atoms with Gasteiger partial charge in [-0.2, -0.15) is 0 Å². The molecule has 9 heteroatoms. The van der Waals surface area contributed by atoms with Crippen molar-refractivity contribution < 1.29 is 4.79 Å². The van der Waals surface area contributed by atoms with Crippen LogP contribution in [0.4, 0.5) is 16.3 Å². The molecule has 1 aliphatic rings. The van der Waals surface area contributed by atoms with E-state index in [4.69, 9.17) is 0 Å². The van der Waals surface area contributed by atoms with Crippen molar-refractivity contribution in [3.05, 3.63) is 47.9 Å². The minimum atomic E-state index is 0.109. The van der Waals surface area contributed by atoms with Gasteiger partial charge in [-0.05, 0) is 50.1 Å². The van der Waals surface area contributed by atoms with E-state index >= 15 is 0 Å². The first-order chi connectivity index (χ1) is 15.7. The van der Waals surface area contributed by atoms with Crippen LogP contribution in [-0.4, -0.2) is 61.9 Å². The van der Waals surface area contributed by atoms with E-state index in [-0.39, 0.29) is 6.03 Å². The highest BCUT2D eigenvalue weighted by molar-refractivity contribution is 7.16. The topological polar surface area (TPSA) is 90.0 Å². The van der Waals surface area contributed by atoms with Gasteiger partial charge in [0.15, 0.2) is 0 Å². The lowest BCUT2D eigenvalue weighted by Gasteiger charge is -2.31. The highest BCUT2D eigenvalue weighted by atomic mass is 32.1. The number of carbonyl (C=O) groups excluding carboxylic acids is 1. The summed E-state index contributed by atoms with van der Waals surface area (Å²) in [7, 11) is 0. The Kier molecular flexibility index (Phi) is 5.48. The number of H-pyrrole nitrogens is 1. The molecule has 0 spiro atoms. The summed E-state index contributed by atoms with van der Waals surface area (Å²) in [5, 5.41) is 4.36. The van der Waals surface area contributed by atoms with E-state index in [9.17, 15) is 4.79 Å². The van der Waals surface area contributed by atoms with E-state index in [0.717, 1.165) is 58.0 Å². The van der Waals surface area contributed by atoms with Crippen LogP contribution in [0.25, 0.3) is 26.8 Å². The predicted octanol–water partition coefficient (Wildman–Crippen LogP) is 4.86. The first-order valence-corrected chi connectivity index (χ1v) is 11.7. The second kappa shape index (κ2) is 8.58. The lowest BCUT2D eigenvalue weighted by Crippen LogP contribution is -2.44. The molecule has 4 heterocycles. The van der Waals surface area contributed by atoms with Gasteiger partial charge in [-0.3, -0.25) is 0 Å². The number of hydrogen-bond acceptors (Lipinski definition) is 6.